The molecule has 1 N–H and O–H groups in total. The van der Waals surface area contributed by atoms with E-state index < -0.39 is 11.4 Å². The number of carboxylic acid groups (broad SMARTS) is 1. The predicted octanol–water partition coefficient (Wildman–Crippen LogP) is 2.40. The first-order valence-electron chi connectivity index (χ1n) is 5.50. The van der Waals surface area contributed by atoms with Crippen molar-refractivity contribution >= 4 is 28.6 Å². The maximum atomic E-state index is 10.9. The third-order valence-corrected chi connectivity index (χ3v) is 3.25. The van der Waals surface area contributed by atoms with Crippen molar-refractivity contribution in [2.24, 2.45) is 0 Å². The SMILES string of the molecule is COc1cnc2ccc(OC(SC)C(=O)O)cc2c1. The maximum Gasteiger partial charge on any atom is 0.355 e. The summed E-state index contributed by atoms with van der Waals surface area (Å²) in [6.45, 7) is 0. The van der Waals surface area contributed by atoms with Crippen LogP contribution in [-0.4, -0.2) is 34.9 Å². The minimum Gasteiger partial charge on any atom is -0.495 e. The average molecular weight is 279 g/mol. The van der Waals surface area contributed by atoms with Crippen LogP contribution in [0.25, 0.3) is 10.9 Å². The van der Waals surface area contributed by atoms with E-state index in [2.05, 4.69) is 4.98 Å². The van der Waals surface area contributed by atoms with Crippen molar-refractivity contribution < 1.29 is 19.4 Å². The van der Waals surface area contributed by atoms with Gasteiger partial charge in [-0.3, -0.25) is 4.98 Å². The monoisotopic (exact) mass is 279 g/mol. The summed E-state index contributed by atoms with van der Waals surface area (Å²) in [4.78, 5) is 15.1. The molecule has 0 radical (unpaired) electrons. The van der Waals surface area contributed by atoms with Crippen LogP contribution in [0.15, 0.2) is 30.5 Å². The summed E-state index contributed by atoms with van der Waals surface area (Å²) >= 11 is 1.12. The number of nitrogens with zero attached hydrogens (tertiary/aromatic N) is 1. The Kier molecular flexibility index (Phi) is 4.11. The molecule has 1 heterocycles. The van der Waals surface area contributed by atoms with E-state index in [-0.39, 0.29) is 0 Å². The van der Waals surface area contributed by atoms with Gasteiger partial charge in [0, 0.05) is 5.39 Å². The van der Waals surface area contributed by atoms with Crippen LogP contribution in [0, 0.1) is 0 Å². The number of carbonyl (C=O) groups is 1. The Morgan fingerprint density at radius 1 is 1.37 bits per heavy atom. The number of aromatic nitrogens is 1. The van der Waals surface area contributed by atoms with Crippen LogP contribution in [0.3, 0.4) is 0 Å². The van der Waals surface area contributed by atoms with Crippen LogP contribution < -0.4 is 9.47 Å². The van der Waals surface area contributed by atoms with E-state index in [9.17, 15) is 4.79 Å². The first-order chi connectivity index (χ1) is 9.13. The number of ether oxygens (including phenoxy) is 2. The first-order valence-corrected chi connectivity index (χ1v) is 6.79. The van der Waals surface area contributed by atoms with Crippen molar-refractivity contribution in [3.05, 3.63) is 30.5 Å². The minimum absolute atomic E-state index is 0.490. The molecule has 6 heteroatoms. The van der Waals surface area contributed by atoms with Gasteiger partial charge in [0.25, 0.3) is 0 Å². The van der Waals surface area contributed by atoms with Gasteiger partial charge < -0.3 is 14.6 Å². The molecule has 5 nitrogen and oxygen atoms in total. The van der Waals surface area contributed by atoms with E-state index in [1.807, 2.05) is 6.07 Å². The number of rotatable bonds is 5. The number of pyridine rings is 1. The van der Waals surface area contributed by atoms with Crippen LogP contribution in [0.1, 0.15) is 0 Å². The molecule has 0 saturated heterocycles. The fourth-order valence-electron chi connectivity index (χ4n) is 1.60. The number of hydrogen-bond acceptors (Lipinski definition) is 5. The molecule has 1 unspecified atom stereocenters. The second-order valence-electron chi connectivity index (χ2n) is 3.75. The highest BCUT2D eigenvalue weighted by molar-refractivity contribution is 7.99. The third kappa shape index (κ3) is 3.08. The van der Waals surface area contributed by atoms with Crippen molar-refractivity contribution in [2.75, 3.05) is 13.4 Å². The second-order valence-corrected chi connectivity index (χ2v) is 4.65. The molecule has 0 fully saturated rings. The lowest BCUT2D eigenvalue weighted by Crippen LogP contribution is -2.22. The quantitative estimate of drug-likeness (QED) is 0.848. The van der Waals surface area contributed by atoms with Crippen LogP contribution in [-0.2, 0) is 4.79 Å². The Bertz CT molecular complexity index is 602. The number of fused-ring (bicyclic) bond motifs is 1. The highest BCUT2D eigenvalue weighted by atomic mass is 32.2. The number of benzene rings is 1. The molecule has 0 aliphatic carbocycles. The average Bonchev–Trinajstić information content (AvgIpc) is 2.43. The molecule has 1 aromatic carbocycles. The summed E-state index contributed by atoms with van der Waals surface area (Å²) in [6.07, 6.45) is 3.31. The van der Waals surface area contributed by atoms with Gasteiger partial charge in [0.05, 0.1) is 18.8 Å². The lowest BCUT2D eigenvalue weighted by atomic mass is 10.2. The minimum atomic E-state index is -1.00. The fourth-order valence-corrected chi connectivity index (χ4v) is 2.01. The molecule has 0 spiro atoms. The normalized spacial score (nSPS) is 12.1. The zero-order chi connectivity index (χ0) is 13.8. The summed E-state index contributed by atoms with van der Waals surface area (Å²) in [5.41, 5.74) is -0.125. The Morgan fingerprint density at radius 2 is 2.11 bits per heavy atom. The lowest BCUT2D eigenvalue weighted by Gasteiger charge is -2.13. The Morgan fingerprint density at radius 3 is 2.74 bits per heavy atom. The molecular formula is C13H13NO4S. The van der Waals surface area contributed by atoms with Crippen LogP contribution in [0.5, 0.6) is 11.5 Å². The van der Waals surface area contributed by atoms with Crippen molar-refractivity contribution in [3.63, 3.8) is 0 Å². The molecule has 2 aromatic rings. The zero-order valence-electron chi connectivity index (χ0n) is 10.5. The van der Waals surface area contributed by atoms with Gasteiger partial charge in [-0.2, -0.15) is 0 Å². The number of hydrogen-bond donors (Lipinski definition) is 1. The highest BCUT2D eigenvalue weighted by Gasteiger charge is 2.17. The van der Waals surface area contributed by atoms with E-state index in [4.69, 9.17) is 14.6 Å². The topological polar surface area (TPSA) is 68.7 Å². The van der Waals surface area contributed by atoms with E-state index in [1.165, 1.54) is 0 Å². The highest BCUT2D eigenvalue weighted by Crippen LogP contribution is 2.24. The van der Waals surface area contributed by atoms with Crippen LogP contribution in [0.2, 0.25) is 0 Å². The van der Waals surface area contributed by atoms with Crippen molar-refractivity contribution in [2.45, 2.75) is 5.44 Å². The largest absolute Gasteiger partial charge is 0.495 e. The second kappa shape index (κ2) is 5.79. The molecule has 1 atom stereocenters. The van der Waals surface area contributed by atoms with E-state index in [1.54, 1.807) is 37.8 Å². The Balaban J connectivity index is 2.32. The predicted molar refractivity (Wildman–Crippen MR) is 73.9 cm³/mol. The fraction of sp³-hybridized carbons (Fsp3) is 0.231. The lowest BCUT2D eigenvalue weighted by molar-refractivity contribution is -0.140. The van der Waals surface area contributed by atoms with Gasteiger partial charge in [-0.15, -0.1) is 11.8 Å². The van der Waals surface area contributed by atoms with Gasteiger partial charge in [-0.25, -0.2) is 4.79 Å². The van der Waals surface area contributed by atoms with E-state index in [0.29, 0.717) is 11.5 Å². The van der Waals surface area contributed by atoms with Gasteiger partial charge in [-0.05, 0) is 30.5 Å². The molecule has 0 aliphatic heterocycles. The standard InChI is InChI=1S/C13H13NO4S/c1-17-10-6-8-5-9(3-4-11(8)14-7-10)18-13(19-2)12(15)16/h3-7,13H,1-2H3,(H,15,16). The Labute approximate surface area is 114 Å². The van der Waals surface area contributed by atoms with Crippen molar-refractivity contribution in [3.8, 4) is 11.5 Å². The zero-order valence-corrected chi connectivity index (χ0v) is 11.3. The number of carboxylic acids is 1. The molecule has 2 rings (SSSR count). The molecule has 0 saturated carbocycles. The maximum absolute atomic E-state index is 10.9. The molecular weight excluding hydrogens is 266 g/mol. The molecule has 19 heavy (non-hydrogen) atoms. The van der Waals surface area contributed by atoms with Crippen molar-refractivity contribution in [1.82, 2.24) is 4.98 Å². The van der Waals surface area contributed by atoms with Gasteiger partial charge >= 0.3 is 5.97 Å². The summed E-state index contributed by atoms with van der Waals surface area (Å²) in [6, 6.07) is 7.05. The van der Waals surface area contributed by atoms with E-state index in [0.717, 1.165) is 22.7 Å². The number of methoxy groups -OCH3 is 1. The van der Waals surface area contributed by atoms with Crippen LogP contribution >= 0.6 is 11.8 Å². The van der Waals surface area contributed by atoms with Gasteiger partial charge in [-0.1, -0.05) is 0 Å². The molecule has 0 bridgehead atoms. The van der Waals surface area contributed by atoms with Crippen LogP contribution in [0.4, 0.5) is 0 Å². The number of aliphatic carboxylic acids is 1. The van der Waals surface area contributed by atoms with Gasteiger partial charge in [0.15, 0.2) is 0 Å². The first kappa shape index (κ1) is 13.5. The number of thioether (sulfide) groups is 1. The molecule has 100 valence electrons. The summed E-state index contributed by atoms with van der Waals surface area (Å²) in [5, 5.41) is 9.79. The molecule has 0 amide bonds. The van der Waals surface area contributed by atoms with Gasteiger partial charge in [0.1, 0.15) is 11.5 Å². The summed E-state index contributed by atoms with van der Waals surface area (Å²) in [5.74, 6) is 0.130. The molecule has 1 aromatic heterocycles. The van der Waals surface area contributed by atoms with E-state index >= 15 is 0 Å². The summed E-state index contributed by atoms with van der Waals surface area (Å²) < 4.78 is 10.5. The van der Waals surface area contributed by atoms with Gasteiger partial charge in [0.2, 0.25) is 5.44 Å². The molecule has 0 aliphatic rings. The third-order valence-electron chi connectivity index (χ3n) is 2.52. The smallest absolute Gasteiger partial charge is 0.355 e. The summed E-state index contributed by atoms with van der Waals surface area (Å²) in [7, 11) is 1.57. The van der Waals surface area contributed by atoms with Crippen molar-refractivity contribution in [1.29, 1.82) is 0 Å². The Hall–Kier alpha value is -1.95.